The topological polar surface area (TPSA) is 29.5 Å². The molecule has 0 aliphatic heterocycles. The molecule has 2 aliphatic rings. The highest BCUT2D eigenvalue weighted by molar-refractivity contribution is 5.43. The van der Waals surface area contributed by atoms with Gasteiger partial charge in [-0.2, -0.15) is 0 Å². The molecule has 2 nitrogen and oxygen atoms in total. The second-order valence-electron chi connectivity index (χ2n) is 4.85. The Hall–Kier alpha value is -1.02. The van der Waals surface area contributed by atoms with Gasteiger partial charge in [-0.25, -0.2) is 0 Å². The first-order chi connectivity index (χ1) is 7.17. The van der Waals surface area contributed by atoms with Crippen LogP contribution in [0.15, 0.2) is 18.2 Å². The third-order valence-electron chi connectivity index (χ3n) is 3.18. The molecule has 1 aromatic rings. The molecule has 3 rings (SSSR count). The number of hydrogen-bond acceptors (Lipinski definition) is 2. The molecule has 0 heterocycles. The van der Waals surface area contributed by atoms with Crippen LogP contribution in [0.1, 0.15) is 36.8 Å². The van der Waals surface area contributed by atoms with Crippen LogP contribution in [-0.2, 0) is 5.60 Å². The van der Waals surface area contributed by atoms with Gasteiger partial charge in [-0.3, -0.25) is 0 Å². The molecule has 0 radical (unpaired) electrons. The lowest BCUT2D eigenvalue weighted by Gasteiger charge is -2.15. The summed E-state index contributed by atoms with van der Waals surface area (Å²) in [6, 6.07) is 6.11. The van der Waals surface area contributed by atoms with Gasteiger partial charge in [-0.1, -0.05) is 11.6 Å². The van der Waals surface area contributed by atoms with Crippen molar-refractivity contribution >= 4 is 0 Å². The predicted octanol–water partition coefficient (Wildman–Crippen LogP) is 2.52. The molecule has 2 aliphatic carbocycles. The Balaban J connectivity index is 1.96. The highest BCUT2D eigenvalue weighted by atomic mass is 16.5. The summed E-state index contributed by atoms with van der Waals surface area (Å²) in [6.45, 7) is 2.05. The van der Waals surface area contributed by atoms with Crippen molar-refractivity contribution in [3.05, 3.63) is 29.3 Å². The van der Waals surface area contributed by atoms with Crippen LogP contribution in [0.4, 0.5) is 0 Å². The molecule has 0 aromatic heterocycles. The molecule has 2 saturated carbocycles. The summed E-state index contributed by atoms with van der Waals surface area (Å²) in [7, 11) is 0. The largest absolute Gasteiger partial charge is 0.490 e. The molecule has 0 bridgehead atoms. The van der Waals surface area contributed by atoms with Crippen LogP contribution in [0.2, 0.25) is 0 Å². The maximum Gasteiger partial charge on any atom is 0.125 e. The van der Waals surface area contributed by atoms with E-state index in [1.165, 1.54) is 5.56 Å². The molecule has 1 N–H and O–H groups in total. The lowest BCUT2D eigenvalue weighted by atomic mass is 10.0. The summed E-state index contributed by atoms with van der Waals surface area (Å²) in [5.41, 5.74) is 1.60. The standard InChI is InChI=1S/C13H16O2/c1-9-2-5-12(15-10-3-4-10)11(8-9)13(14)6-7-13/h2,5,8,10,14H,3-4,6-7H2,1H3. The van der Waals surface area contributed by atoms with E-state index >= 15 is 0 Å². The van der Waals surface area contributed by atoms with E-state index in [0.717, 1.165) is 37.0 Å². The average molecular weight is 204 g/mol. The molecule has 0 unspecified atom stereocenters. The molecule has 0 amide bonds. The van der Waals surface area contributed by atoms with Crippen LogP contribution in [0.25, 0.3) is 0 Å². The van der Waals surface area contributed by atoms with Crippen molar-refractivity contribution in [3.8, 4) is 5.75 Å². The highest BCUT2D eigenvalue weighted by Gasteiger charge is 2.44. The van der Waals surface area contributed by atoms with Crippen molar-refractivity contribution in [3.63, 3.8) is 0 Å². The summed E-state index contributed by atoms with van der Waals surface area (Å²) >= 11 is 0. The maximum atomic E-state index is 10.2. The fraction of sp³-hybridized carbons (Fsp3) is 0.538. The van der Waals surface area contributed by atoms with Gasteiger partial charge in [-0.05, 0) is 44.7 Å². The van der Waals surface area contributed by atoms with E-state index in [1.807, 2.05) is 12.1 Å². The Kier molecular flexibility index (Phi) is 1.84. The smallest absolute Gasteiger partial charge is 0.125 e. The summed E-state index contributed by atoms with van der Waals surface area (Å²) in [5, 5.41) is 10.2. The van der Waals surface area contributed by atoms with Crippen LogP contribution < -0.4 is 4.74 Å². The third kappa shape index (κ3) is 1.74. The van der Waals surface area contributed by atoms with Gasteiger partial charge in [0, 0.05) is 5.56 Å². The lowest BCUT2D eigenvalue weighted by molar-refractivity contribution is 0.145. The Labute approximate surface area is 89.9 Å². The van der Waals surface area contributed by atoms with Crippen LogP contribution >= 0.6 is 0 Å². The van der Waals surface area contributed by atoms with Gasteiger partial charge >= 0.3 is 0 Å². The van der Waals surface area contributed by atoms with Gasteiger partial charge < -0.3 is 9.84 Å². The minimum atomic E-state index is -0.587. The Morgan fingerprint density at radius 3 is 2.67 bits per heavy atom. The first kappa shape index (κ1) is 9.22. The first-order valence-corrected chi connectivity index (χ1v) is 5.68. The molecular formula is C13H16O2. The van der Waals surface area contributed by atoms with Crippen molar-refractivity contribution in [1.82, 2.24) is 0 Å². The van der Waals surface area contributed by atoms with Crippen LogP contribution in [0.3, 0.4) is 0 Å². The summed E-state index contributed by atoms with van der Waals surface area (Å²) in [6.07, 6.45) is 4.46. The van der Waals surface area contributed by atoms with E-state index in [4.69, 9.17) is 4.74 Å². The predicted molar refractivity (Wildman–Crippen MR) is 58.0 cm³/mol. The van der Waals surface area contributed by atoms with Crippen molar-refractivity contribution < 1.29 is 9.84 Å². The Morgan fingerprint density at radius 1 is 1.33 bits per heavy atom. The zero-order valence-corrected chi connectivity index (χ0v) is 8.99. The van der Waals surface area contributed by atoms with Crippen LogP contribution in [-0.4, -0.2) is 11.2 Å². The van der Waals surface area contributed by atoms with E-state index in [2.05, 4.69) is 13.0 Å². The van der Waals surface area contributed by atoms with Gasteiger partial charge in [0.2, 0.25) is 0 Å². The van der Waals surface area contributed by atoms with Crippen molar-refractivity contribution in [2.24, 2.45) is 0 Å². The fourth-order valence-corrected chi connectivity index (χ4v) is 1.86. The van der Waals surface area contributed by atoms with Crippen molar-refractivity contribution in [2.75, 3.05) is 0 Å². The number of aliphatic hydroxyl groups is 1. The fourth-order valence-electron chi connectivity index (χ4n) is 1.86. The molecule has 2 fully saturated rings. The minimum absolute atomic E-state index is 0.397. The number of hydrogen-bond donors (Lipinski definition) is 1. The highest BCUT2D eigenvalue weighted by Crippen LogP contribution is 2.49. The van der Waals surface area contributed by atoms with Gasteiger partial charge in [0.15, 0.2) is 0 Å². The van der Waals surface area contributed by atoms with Gasteiger partial charge in [0.25, 0.3) is 0 Å². The molecule has 0 spiro atoms. The molecule has 0 atom stereocenters. The second kappa shape index (κ2) is 2.99. The summed E-state index contributed by atoms with van der Waals surface area (Å²) in [5.74, 6) is 0.892. The van der Waals surface area contributed by atoms with Crippen molar-refractivity contribution in [1.29, 1.82) is 0 Å². The molecule has 0 saturated heterocycles. The van der Waals surface area contributed by atoms with Gasteiger partial charge in [0.05, 0.1) is 11.7 Å². The normalized spacial score (nSPS) is 22.5. The molecule has 15 heavy (non-hydrogen) atoms. The summed E-state index contributed by atoms with van der Waals surface area (Å²) < 4.78 is 5.82. The van der Waals surface area contributed by atoms with Gasteiger partial charge in [0.1, 0.15) is 5.75 Å². The third-order valence-corrected chi connectivity index (χ3v) is 3.18. The van der Waals surface area contributed by atoms with E-state index in [1.54, 1.807) is 0 Å². The quantitative estimate of drug-likeness (QED) is 0.819. The second-order valence-corrected chi connectivity index (χ2v) is 4.85. The molecule has 80 valence electrons. The molecule has 1 aromatic carbocycles. The van der Waals surface area contributed by atoms with Gasteiger partial charge in [-0.15, -0.1) is 0 Å². The number of rotatable bonds is 3. The Morgan fingerprint density at radius 2 is 2.07 bits per heavy atom. The first-order valence-electron chi connectivity index (χ1n) is 5.68. The average Bonchev–Trinajstić information content (AvgIpc) is 3.08. The SMILES string of the molecule is Cc1ccc(OC2CC2)c(C2(O)CC2)c1. The number of ether oxygens (including phenoxy) is 1. The monoisotopic (exact) mass is 204 g/mol. The lowest BCUT2D eigenvalue weighted by Crippen LogP contribution is -2.09. The van der Waals surface area contributed by atoms with E-state index in [9.17, 15) is 5.11 Å². The summed E-state index contributed by atoms with van der Waals surface area (Å²) in [4.78, 5) is 0. The Bertz CT molecular complexity index is 390. The number of benzene rings is 1. The zero-order valence-electron chi connectivity index (χ0n) is 8.99. The van der Waals surface area contributed by atoms with Crippen molar-refractivity contribution in [2.45, 2.75) is 44.3 Å². The molecular weight excluding hydrogens is 188 g/mol. The van der Waals surface area contributed by atoms with E-state index < -0.39 is 5.60 Å². The maximum absolute atomic E-state index is 10.2. The number of aryl methyl sites for hydroxylation is 1. The van der Waals surface area contributed by atoms with Crippen LogP contribution in [0, 0.1) is 6.92 Å². The minimum Gasteiger partial charge on any atom is -0.490 e. The van der Waals surface area contributed by atoms with E-state index in [-0.39, 0.29) is 0 Å². The van der Waals surface area contributed by atoms with E-state index in [0.29, 0.717) is 6.10 Å². The molecule has 2 heteroatoms. The van der Waals surface area contributed by atoms with Crippen LogP contribution in [0.5, 0.6) is 5.75 Å². The zero-order chi connectivity index (χ0) is 10.5.